The molecule has 0 spiro atoms. The summed E-state index contributed by atoms with van der Waals surface area (Å²) in [5.41, 5.74) is 4.94. The van der Waals surface area contributed by atoms with E-state index in [1.807, 2.05) is 24.3 Å². The van der Waals surface area contributed by atoms with E-state index in [-0.39, 0.29) is 17.2 Å². The second kappa shape index (κ2) is 7.52. The third-order valence-corrected chi connectivity index (χ3v) is 6.31. The number of anilines is 1. The second-order valence-corrected chi connectivity index (χ2v) is 9.35. The number of hydrogen-bond donors (Lipinski definition) is 1. The molecule has 0 saturated carbocycles. The van der Waals surface area contributed by atoms with Crippen LogP contribution in [0.5, 0.6) is 5.75 Å². The fourth-order valence-corrected chi connectivity index (χ4v) is 4.99. The van der Waals surface area contributed by atoms with Crippen molar-refractivity contribution in [1.29, 1.82) is 0 Å². The highest BCUT2D eigenvalue weighted by Gasteiger charge is 2.40. The van der Waals surface area contributed by atoms with Gasteiger partial charge in [0.15, 0.2) is 5.78 Å². The van der Waals surface area contributed by atoms with E-state index in [2.05, 4.69) is 43.4 Å². The first-order chi connectivity index (χ1) is 15.3. The van der Waals surface area contributed by atoms with Gasteiger partial charge < -0.3 is 20.0 Å². The van der Waals surface area contributed by atoms with Gasteiger partial charge in [0.05, 0.1) is 12.0 Å². The first-order valence-electron chi connectivity index (χ1n) is 10.8. The molecule has 0 fully saturated rings. The molecular weight excluding hydrogens is 402 g/mol. The molecule has 3 aromatic carbocycles. The van der Waals surface area contributed by atoms with Crippen molar-refractivity contribution >= 4 is 33.8 Å². The van der Waals surface area contributed by atoms with Crippen molar-refractivity contribution in [3.05, 3.63) is 77.4 Å². The van der Waals surface area contributed by atoms with Crippen molar-refractivity contribution in [2.45, 2.75) is 32.7 Å². The van der Waals surface area contributed by atoms with E-state index in [1.165, 1.54) is 0 Å². The van der Waals surface area contributed by atoms with Crippen LogP contribution in [-0.4, -0.2) is 18.4 Å². The lowest BCUT2D eigenvalue weighted by atomic mass is 9.68. The third kappa shape index (κ3) is 3.54. The van der Waals surface area contributed by atoms with E-state index in [0.29, 0.717) is 12.2 Å². The van der Waals surface area contributed by atoms with Crippen LogP contribution in [-0.2, 0) is 9.59 Å². The number of hydrogen-bond acceptors (Lipinski definition) is 5. The van der Waals surface area contributed by atoms with Crippen LogP contribution in [0.15, 0.2) is 66.2 Å². The lowest BCUT2D eigenvalue weighted by Gasteiger charge is -2.40. The van der Waals surface area contributed by atoms with Crippen molar-refractivity contribution in [3.63, 3.8) is 0 Å². The van der Waals surface area contributed by atoms with E-state index in [1.54, 1.807) is 12.1 Å². The molecule has 32 heavy (non-hydrogen) atoms. The highest BCUT2D eigenvalue weighted by atomic mass is 16.5. The first-order valence-corrected chi connectivity index (χ1v) is 10.8. The van der Waals surface area contributed by atoms with Crippen molar-refractivity contribution in [3.8, 4) is 5.75 Å². The third-order valence-electron chi connectivity index (χ3n) is 6.31. The molecule has 5 nitrogen and oxygen atoms in total. The number of allylic oxidation sites excluding steroid dienone is 1. The molecule has 2 aliphatic rings. The van der Waals surface area contributed by atoms with Gasteiger partial charge in [-0.15, -0.1) is 0 Å². The maximum Gasteiger partial charge on any atom is 0.162 e. The number of carboxylic acids is 1. The van der Waals surface area contributed by atoms with E-state index >= 15 is 0 Å². The van der Waals surface area contributed by atoms with Gasteiger partial charge in [-0.25, -0.2) is 0 Å². The Morgan fingerprint density at radius 2 is 1.81 bits per heavy atom. The summed E-state index contributed by atoms with van der Waals surface area (Å²) in [6, 6.07) is 19.4. The minimum Gasteiger partial charge on any atom is -0.546 e. The van der Waals surface area contributed by atoms with E-state index in [9.17, 15) is 14.7 Å². The van der Waals surface area contributed by atoms with Gasteiger partial charge in [-0.2, -0.15) is 0 Å². The van der Waals surface area contributed by atoms with Crippen LogP contribution in [0.3, 0.4) is 0 Å². The summed E-state index contributed by atoms with van der Waals surface area (Å²) >= 11 is 0. The maximum atomic E-state index is 13.4. The molecule has 0 bridgehead atoms. The molecule has 3 aromatic rings. The van der Waals surface area contributed by atoms with Crippen LogP contribution in [0.1, 0.15) is 43.9 Å². The van der Waals surface area contributed by atoms with Crippen LogP contribution in [0, 0.1) is 5.41 Å². The zero-order valence-electron chi connectivity index (χ0n) is 18.1. The van der Waals surface area contributed by atoms with Gasteiger partial charge in [-0.1, -0.05) is 56.3 Å². The highest BCUT2D eigenvalue weighted by Crippen LogP contribution is 2.52. The predicted octanol–water partition coefficient (Wildman–Crippen LogP) is 4.28. The summed E-state index contributed by atoms with van der Waals surface area (Å²) < 4.78 is 5.21. The van der Waals surface area contributed by atoms with Crippen LogP contribution in [0.25, 0.3) is 16.3 Å². The number of aliphatic carboxylic acids is 1. The van der Waals surface area contributed by atoms with E-state index < -0.39 is 12.6 Å². The van der Waals surface area contributed by atoms with Gasteiger partial charge in [0.1, 0.15) is 12.4 Å². The monoisotopic (exact) mass is 426 g/mol. The molecule has 0 saturated heterocycles. The molecule has 0 radical (unpaired) electrons. The first kappa shape index (κ1) is 20.3. The zero-order valence-corrected chi connectivity index (χ0v) is 18.1. The Kier molecular flexibility index (Phi) is 4.77. The number of ketones is 1. The largest absolute Gasteiger partial charge is 0.546 e. The average molecular weight is 426 g/mol. The number of benzene rings is 3. The van der Waals surface area contributed by atoms with Gasteiger partial charge in [0.25, 0.3) is 0 Å². The number of carboxylic acid groups (broad SMARTS) is 1. The quantitative estimate of drug-likeness (QED) is 0.674. The van der Waals surface area contributed by atoms with Gasteiger partial charge in [-0.3, -0.25) is 4.79 Å². The molecular formula is C27H24NO4-. The molecule has 0 amide bonds. The molecule has 162 valence electrons. The molecule has 5 heteroatoms. The second-order valence-electron chi connectivity index (χ2n) is 9.35. The fraction of sp³-hybridized carbons (Fsp3) is 0.259. The molecule has 1 unspecified atom stereocenters. The van der Waals surface area contributed by atoms with Crippen molar-refractivity contribution in [1.82, 2.24) is 0 Å². The van der Waals surface area contributed by atoms with Gasteiger partial charge in [-0.05, 0) is 51.9 Å². The Balaban J connectivity index is 1.63. The molecule has 1 heterocycles. The number of Topliss-reactive ketones (excluding diaryl/α,β-unsaturated/α-hetero) is 1. The van der Waals surface area contributed by atoms with Gasteiger partial charge in [0, 0.05) is 23.2 Å². The molecule has 1 atom stereocenters. The standard InChI is InChI=1S/C27H25NO4/c1-27(2)13-20-24-19-6-4-3-5-16(19)9-12-21(24)28-26(25(20)22(29)14-27)17-7-10-18(11-8-17)32-15-23(30)31/h3-12,26,28H,13-15H2,1-2H3,(H,30,31)/p-1. The minimum atomic E-state index is -1.27. The molecule has 1 aliphatic heterocycles. The molecule has 1 N–H and O–H groups in total. The Hall–Kier alpha value is -3.60. The summed E-state index contributed by atoms with van der Waals surface area (Å²) in [5, 5.41) is 16.6. The lowest BCUT2D eigenvalue weighted by molar-refractivity contribution is -0.307. The molecule has 1 aliphatic carbocycles. The van der Waals surface area contributed by atoms with Crippen LogP contribution >= 0.6 is 0 Å². The molecule has 0 aromatic heterocycles. The van der Waals surface area contributed by atoms with Crippen molar-refractivity contribution in [2.24, 2.45) is 5.41 Å². The summed E-state index contributed by atoms with van der Waals surface area (Å²) in [7, 11) is 0. The van der Waals surface area contributed by atoms with Gasteiger partial charge >= 0.3 is 0 Å². The Labute approximate surface area is 186 Å². The van der Waals surface area contributed by atoms with E-state index in [0.717, 1.165) is 45.2 Å². The SMILES string of the molecule is CC1(C)CC(=O)C2=C(C1)c1c(ccc3ccccc13)NC2c1ccc(OCC(=O)[O-])cc1. The lowest BCUT2D eigenvalue weighted by Crippen LogP contribution is -2.33. The number of rotatable bonds is 4. The maximum absolute atomic E-state index is 13.4. The highest BCUT2D eigenvalue weighted by molar-refractivity contribution is 6.12. The van der Waals surface area contributed by atoms with Gasteiger partial charge in [0.2, 0.25) is 0 Å². The average Bonchev–Trinajstić information content (AvgIpc) is 2.76. The Morgan fingerprint density at radius 1 is 1.06 bits per heavy atom. The van der Waals surface area contributed by atoms with Crippen LogP contribution in [0.4, 0.5) is 5.69 Å². The van der Waals surface area contributed by atoms with Crippen molar-refractivity contribution < 1.29 is 19.4 Å². The number of nitrogens with one attached hydrogen (secondary N) is 1. The zero-order chi connectivity index (χ0) is 22.5. The molecule has 5 rings (SSSR count). The van der Waals surface area contributed by atoms with Crippen LogP contribution < -0.4 is 15.2 Å². The summed E-state index contributed by atoms with van der Waals surface area (Å²) in [4.78, 5) is 24.1. The summed E-state index contributed by atoms with van der Waals surface area (Å²) in [5.74, 6) is -0.646. The van der Waals surface area contributed by atoms with Crippen molar-refractivity contribution in [2.75, 3.05) is 11.9 Å². The Bertz CT molecular complexity index is 1270. The smallest absolute Gasteiger partial charge is 0.162 e. The number of carbonyl (C=O) groups is 2. The normalized spacial score (nSPS) is 19.2. The number of fused-ring (bicyclic) bond motifs is 4. The van der Waals surface area contributed by atoms with Crippen LogP contribution in [0.2, 0.25) is 0 Å². The minimum absolute atomic E-state index is 0.103. The van der Waals surface area contributed by atoms with E-state index in [4.69, 9.17) is 4.74 Å². The number of carbonyl (C=O) groups excluding carboxylic acids is 2. The topological polar surface area (TPSA) is 78.5 Å². The summed E-state index contributed by atoms with van der Waals surface area (Å²) in [6.45, 7) is 3.81. The number of ether oxygens (including phenoxy) is 1. The predicted molar refractivity (Wildman–Crippen MR) is 122 cm³/mol. The Morgan fingerprint density at radius 3 is 2.56 bits per heavy atom. The summed E-state index contributed by atoms with van der Waals surface area (Å²) in [6.07, 6.45) is 1.34. The fourth-order valence-electron chi connectivity index (χ4n) is 4.99.